The third kappa shape index (κ3) is 3.55. The van der Waals surface area contributed by atoms with Crippen molar-refractivity contribution in [2.45, 2.75) is 26.8 Å². The van der Waals surface area contributed by atoms with E-state index < -0.39 is 0 Å². The molecule has 0 aliphatic heterocycles. The van der Waals surface area contributed by atoms with Crippen molar-refractivity contribution in [2.24, 2.45) is 7.05 Å². The van der Waals surface area contributed by atoms with Crippen LogP contribution in [0, 0.1) is 13.8 Å². The molecule has 1 N–H and O–H groups in total. The maximum atomic E-state index is 12.1. The first-order valence-electron chi connectivity index (χ1n) is 6.57. The van der Waals surface area contributed by atoms with Crippen LogP contribution in [0.15, 0.2) is 15.1 Å². The van der Waals surface area contributed by atoms with Crippen molar-refractivity contribution in [1.82, 2.24) is 24.9 Å². The predicted octanol–water partition coefficient (Wildman–Crippen LogP) is 2.58. The van der Waals surface area contributed by atoms with Crippen LogP contribution >= 0.6 is 31.9 Å². The minimum absolute atomic E-state index is 0.128. The molecule has 0 unspecified atom stereocenters. The van der Waals surface area contributed by atoms with Crippen molar-refractivity contribution in [3.8, 4) is 0 Å². The standard InChI is InChI=1S/C13H17Br2N5O/c1-8-11(15)9(2)20(18-8)6-4-5-16-13(21)12-10(14)7-17-19(12)3/h7H,4-6H2,1-3H3,(H,16,21). The second-order valence-corrected chi connectivity index (χ2v) is 6.43. The summed E-state index contributed by atoms with van der Waals surface area (Å²) in [5.74, 6) is -0.128. The molecule has 6 nitrogen and oxygen atoms in total. The summed E-state index contributed by atoms with van der Waals surface area (Å²) < 4.78 is 5.25. The number of nitrogens with one attached hydrogen (secondary N) is 1. The van der Waals surface area contributed by atoms with Gasteiger partial charge in [0.1, 0.15) is 5.69 Å². The maximum Gasteiger partial charge on any atom is 0.270 e. The lowest BCUT2D eigenvalue weighted by Crippen LogP contribution is -2.27. The van der Waals surface area contributed by atoms with Gasteiger partial charge in [-0.1, -0.05) is 0 Å². The zero-order valence-corrected chi connectivity index (χ0v) is 15.3. The lowest BCUT2D eigenvalue weighted by atomic mass is 10.3. The van der Waals surface area contributed by atoms with Gasteiger partial charge in [0.15, 0.2) is 0 Å². The van der Waals surface area contributed by atoms with Crippen LogP contribution in [0.1, 0.15) is 28.3 Å². The van der Waals surface area contributed by atoms with E-state index in [9.17, 15) is 4.79 Å². The number of carbonyl (C=O) groups is 1. The Labute approximate surface area is 140 Å². The summed E-state index contributed by atoms with van der Waals surface area (Å²) in [7, 11) is 1.74. The van der Waals surface area contributed by atoms with E-state index in [-0.39, 0.29) is 5.91 Å². The molecule has 0 radical (unpaired) electrons. The Hall–Kier alpha value is -1.15. The normalized spacial score (nSPS) is 10.9. The largest absolute Gasteiger partial charge is 0.351 e. The monoisotopic (exact) mass is 417 g/mol. The molecule has 0 saturated carbocycles. The van der Waals surface area contributed by atoms with Gasteiger partial charge < -0.3 is 5.32 Å². The molecule has 0 aromatic carbocycles. The third-order valence-corrected chi connectivity index (χ3v) is 4.96. The van der Waals surface area contributed by atoms with E-state index in [1.165, 1.54) is 0 Å². The number of carbonyl (C=O) groups excluding carboxylic acids is 1. The van der Waals surface area contributed by atoms with Crippen LogP contribution in [0.2, 0.25) is 0 Å². The number of hydrogen-bond acceptors (Lipinski definition) is 3. The Kier molecular flexibility index (Phi) is 5.21. The van der Waals surface area contributed by atoms with Crippen LogP contribution in [-0.4, -0.2) is 32.0 Å². The molecule has 2 aromatic rings. The van der Waals surface area contributed by atoms with Gasteiger partial charge in [-0.25, -0.2) is 0 Å². The summed E-state index contributed by atoms with van der Waals surface area (Å²) in [6, 6.07) is 0. The number of rotatable bonds is 5. The third-order valence-electron chi connectivity index (χ3n) is 3.23. The quantitative estimate of drug-likeness (QED) is 0.759. The lowest BCUT2D eigenvalue weighted by Gasteiger charge is -2.07. The van der Waals surface area contributed by atoms with Crippen LogP contribution in [0.3, 0.4) is 0 Å². The van der Waals surface area contributed by atoms with Crippen molar-refractivity contribution in [3.63, 3.8) is 0 Å². The average molecular weight is 419 g/mol. The summed E-state index contributed by atoms with van der Waals surface area (Å²) in [5, 5.41) is 11.4. The summed E-state index contributed by atoms with van der Waals surface area (Å²) in [6.45, 7) is 5.35. The van der Waals surface area contributed by atoms with Crippen molar-refractivity contribution >= 4 is 37.8 Å². The Morgan fingerprint density at radius 3 is 2.62 bits per heavy atom. The number of nitrogens with zero attached hydrogens (tertiary/aromatic N) is 4. The van der Waals surface area contributed by atoms with E-state index in [0.717, 1.165) is 28.8 Å². The Morgan fingerprint density at radius 2 is 2.10 bits per heavy atom. The second-order valence-electron chi connectivity index (χ2n) is 4.78. The SMILES string of the molecule is Cc1nn(CCCNC(=O)c2c(Br)cnn2C)c(C)c1Br. The summed E-state index contributed by atoms with van der Waals surface area (Å²) in [6.07, 6.45) is 2.43. The first-order chi connectivity index (χ1) is 9.91. The van der Waals surface area contributed by atoms with Crippen molar-refractivity contribution in [2.75, 3.05) is 6.54 Å². The highest BCUT2D eigenvalue weighted by Crippen LogP contribution is 2.19. The number of aryl methyl sites for hydroxylation is 3. The molecule has 21 heavy (non-hydrogen) atoms. The van der Waals surface area contributed by atoms with Crippen LogP contribution in [0.25, 0.3) is 0 Å². The van der Waals surface area contributed by atoms with Gasteiger partial charge in [0, 0.05) is 25.8 Å². The molecule has 8 heteroatoms. The second kappa shape index (κ2) is 6.74. The molecule has 2 rings (SSSR count). The van der Waals surface area contributed by atoms with E-state index in [2.05, 4.69) is 47.4 Å². The molecule has 0 aliphatic rings. The molecule has 0 saturated heterocycles. The van der Waals surface area contributed by atoms with Crippen molar-refractivity contribution in [1.29, 1.82) is 0 Å². The molecule has 1 amide bonds. The number of aromatic nitrogens is 4. The summed E-state index contributed by atoms with van der Waals surface area (Å²) in [4.78, 5) is 12.1. The Balaban J connectivity index is 1.85. The van der Waals surface area contributed by atoms with Crippen LogP contribution in [0.5, 0.6) is 0 Å². The Morgan fingerprint density at radius 1 is 1.38 bits per heavy atom. The van der Waals surface area contributed by atoms with Gasteiger partial charge in [0.2, 0.25) is 0 Å². The van der Waals surface area contributed by atoms with Crippen molar-refractivity contribution in [3.05, 3.63) is 32.2 Å². The van der Waals surface area contributed by atoms with Gasteiger partial charge in [-0.05, 0) is 52.1 Å². The number of halogens is 2. The smallest absolute Gasteiger partial charge is 0.270 e. The Bertz CT molecular complexity index is 642. The van der Waals surface area contributed by atoms with E-state index >= 15 is 0 Å². The molecule has 2 aromatic heterocycles. The molecule has 2 heterocycles. The molecule has 114 valence electrons. The number of amides is 1. The van der Waals surface area contributed by atoms with Crippen LogP contribution < -0.4 is 5.32 Å². The molecular formula is C13H17Br2N5O. The molecule has 0 aliphatic carbocycles. The van der Waals surface area contributed by atoms with E-state index in [0.29, 0.717) is 16.7 Å². The summed E-state index contributed by atoms with van der Waals surface area (Å²) >= 11 is 6.83. The number of hydrogen-bond donors (Lipinski definition) is 1. The van der Waals surface area contributed by atoms with E-state index in [1.54, 1.807) is 17.9 Å². The summed E-state index contributed by atoms with van der Waals surface area (Å²) in [5.41, 5.74) is 2.62. The van der Waals surface area contributed by atoms with Gasteiger partial charge >= 0.3 is 0 Å². The highest BCUT2D eigenvalue weighted by Gasteiger charge is 2.14. The fraction of sp³-hybridized carbons (Fsp3) is 0.462. The van der Waals surface area contributed by atoms with Gasteiger partial charge in [0.25, 0.3) is 5.91 Å². The average Bonchev–Trinajstić information content (AvgIpc) is 2.90. The van der Waals surface area contributed by atoms with E-state index in [1.807, 2.05) is 18.5 Å². The van der Waals surface area contributed by atoms with Crippen LogP contribution in [0.4, 0.5) is 0 Å². The molecule has 0 fully saturated rings. The lowest BCUT2D eigenvalue weighted by molar-refractivity contribution is 0.0942. The van der Waals surface area contributed by atoms with E-state index in [4.69, 9.17) is 0 Å². The predicted molar refractivity (Wildman–Crippen MR) is 87.3 cm³/mol. The molecule has 0 bridgehead atoms. The molecule has 0 spiro atoms. The fourth-order valence-corrected chi connectivity index (χ4v) is 2.89. The minimum atomic E-state index is -0.128. The zero-order valence-electron chi connectivity index (χ0n) is 12.2. The molecule has 0 atom stereocenters. The first kappa shape index (κ1) is 16.2. The van der Waals surface area contributed by atoms with Gasteiger partial charge in [-0.2, -0.15) is 10.2 Å². The fourth-order valence-electron chi connectivity index (χ4n) is 2.07. The highest BCUT2D eigenvalue weighted by molar-refractivity contribution is 9.10. The maximum absolute atomic E-state index is 12.1. The zero-order chi connectivity index (χ0) is 15.6. The first-order valence-corrected chi connectivity index (χ1v) is 8.15. The van der Waals surface area contributed by atoms with Gasteiger partial charge in [-0.15, -0.1) is 0 Å². The van der Waals surface area contributed by atoms with Crippen LogP contribution in [-0.2, 0) is 13.6 Å². The highest BCUT2D eigenvalue weighted by atomic mass is 79.9. The topological polar surface area (TPSA) is 64.7 Å². The van der Waals surface area contributed by atoms with Gasteiger partial charge in [-0.3, -0.25) is 14.2 Å². The van der Waals surface area contributed by atoms with Gasteiger partial charge in [0.05, 0.1) is 20.8 Å². The molecular weight excluding hydrogens is 402 g/mol. The van der Waals surface area contributed by atoms with Crippen molar-refractivity contribution < 1.29 is 4.79 Å². The minimum Gasteiger partial charge on any atom is -0.351 e.